The second-order valence-electron chi connectivity index (χ2n) is 5.66. The lowest BCUT2D eigenvalue weighted by molar-refractivity contribution is -0.128. The minimum atomic E-state index is -0.402. The van der Waals surface area contributed by atoms with Crippen LogP contribution in [0.1, 0.15) is 52.9 Å². The van der Waals surface area contributed by atoms with Crippen LogP contribution in [-0.2, 0) is 14.4 Å². The third-order valence-corrected chi connectivity index (χ3v) is 4.34. The van der Waals surface area contributed by atoms with Crippen LogP contribution < -0.4 is 17.2 Å². The average Bonchev–Trinajstić information content (AvgIpc) is 2.40. The van der Waals surface area contributed by atoms with E-state index in [1.807, 2.05) is 20.8 Å². The van der Waals surface area contributed by atoms with E-state index >= 15 is 0 Å². The fraction of sp³-hybridized carbons (Fsp3) is 0.800. The summed E-state index contributed by atoms with van der Waals surface area (Å²) in [6, 6.07) is 0. The molecule has 0 spiro atoms. The van der Waals surface area contributed by atoms with E-state index in [9.17, 15) is 14.4 Å². The lowest BCUT2D eigenvalue weighted by Crippen LogP contribution is -2.36. The van der Waals surface area contributed by atoms with Gasteiger partial charge in [0, 0.05) is 17.8 Å². The van der Waals surface area contributed by atoms with Gasteiger partial charge in [-0.3, -0.25) is 14.4 Å². The number of primary amides is 3. The van der Waals surface area contributed by atoms with Gasteiger partial charge in [0.25, 0.3) is 0 Å². The molecule has 6 N–H and O–H groups in total. The van der Waals surface area contributed by atoms with Crippen LogP contribution >= 0.6 is 0 Å². The fourth-order valence-electron chi connectivity index (χ4n) is 2.89. The summed E-state index contributed by atoms with van der Waals surface area (Å²) < 4.78 is 0. The number of rotatable bonds is 11. The third-order valence-electron chi connectivity index (χ3n) is 4.34. The summed E-state index contributed by atoms with van der Waals surface area (Å²) in [7, 11) is 0. The van der Waals surface area contributed by atoms with Gasteiger partial charge in [0.2, 0.25) is 17.7 Å². The second-order valence-corrected chi connectivity index (χ2v) is 5.66. The van der Waals surface area contributed by atoms with E-state index in [1.54, 1.807) is 0 Å². The molecule has 0 aromatic heterocycles. The van der Waals surface area contributed by atoms with Gasteiger partial charge >= 0.3 is 0 Å². The number of hydrogen-bond donors (Lipinski definition) is 3. The number of carbonyl (C=O) groups excluding carboxylic acids is 3. The lowest BCUT2D eigenvalue weighted by atomic mass is 9.76. The topological polar surface area (TPSA) is 129 Å². The molecule has 21 heavy (non-hydrogen) atoms. The molecule has 122 valence electrons. The van der Waals surface area contributed by atoms with Crippen LogP contribution in [0.4, 0.5) is 0 Å². The molecule has 0 aromatic carbocycles. The predicted molar refractivity (Wildman–Crippen MR) is 81.7 cm³/mol. The summed E-state index contributed by atoms with van der Waals surface area (Å²) in [6.45, 7) is 5.63. The molecule has 0 fully saturated rings. The maximum Gasteiger partial charge on any atom is 0.220 e. The molecule has 0 aliphatic carbocycles. The molecule has 0 aliphatic heterocycles. The highest BCUT2D eigenvalue weighted by Crippen LogP contribution is 2.31. The molecule has 0 saturated carbocycles. The van der Waals surface area contributed by atoms with E-state index in [0.717, 1.165) is 0 Å². The van der Waals surface area contributed by atoms with E-state index in [4.69, 9.17) is 17.2 Å². The van der Waals surface area contributed by atoms with Crippen molar-refractivity contribution in [1.82, 2.24) is 0 Å². The SMILES string of the molecule is CCC(CC(CC(CC)C(N)=O)C(CC)C(N)=O)C(N)=O. The molecule has 0 radical (unpaired) electrons. The second kappa shape index (κ2) is 9.37. The molecular formula is C15H29N3O3. The third kappa shape index (κ3) is 6.14. The molecule has 0 heterocycles. The van der Waals surface area contributed by atoms with Gasteiger partial charge in [-0.05, 0) is 38.0 Å². The number of carbonyl (C=O) groups is 3. The molecule has 3 amide bonds. The largest absolute Gasteiger partial charge is 0.369 e. The summed E-state index contributed by atoms with van der Waals surface area (Å²) in [4.78, 5) is 34.5. The van der Waals surface area contributed by atoms with Crippen LogP contribution in [0.15, 0.2) is 0 Å². The van der Waals surface area contributed by atoms with Crippen molar-refractivity contribution in [3.8, 4) is 0 Å². The van der Waals surface area contributed by atoms with Crippen molar-refractivity contribution in [2.24, 2.45) is 40.9 Å². The minimum Gasteiger partial charge on any atom is -0.369 e. The zero-order chi connectivity index (χ0) is 16.6. The Labute approximate surface area is 126 Å². The van der Waals surface area contributed by atoms with Crippen LogP contribution in [0.25, 0.3) is 0 Å². The molecule has 6 heteroatoms. The quantitative estimate of drug-likeness (QED) is 0.524. The molecule has 3 unspecified atom stereocenters. The Morgan fingerprint density at radius 3 is 1.29 bits per heavy atom. The molecule has 0 bridgehead atoms. The van der Waals surface area contributed by atoms with Crippen molar-refractivity contribution < 1.29 is 14.4 Å². The first kappa shape index (κ1) is 19.4. The first-order chi connectivity index (χ1) is 9.78. The average molecular weight is 299 g/mol. The van der Waals surface area contributed by atoms with Crippen molar-refractivity contribution in [2.45, 2.75) is 52.9 Å². The summed E-state index contributed by atoms with van der Waals surface area (Å²) in [5, 5.41) is 0. The summed E-state index contributed by atoms with van der Waals surface area (Å²) in [5.74, 6) is -2.30. The summed E-state index contributed by atoms with van der Waals surface area (Å²) in [6.07, 6.45) is 2.72. The smallest absolute Gasteiger partial charge is 0.220 e. The van der Waals surface area contributed by atoms with E-state index < -0.39 is 5.91 Å². The first-order valence-corrected chi connectivity index (χ1v) is 7.66. The normalized spacial score (nSPS) is 16.7. The maximum atomic E-state index is 11.6. The molecule has 0 saturated heterocycles. The first-order valence-electron chi connectivity index (χ1n) is 7.66. The standard InChI is InChI=1S/C15H29N3O3/c1-4-9(13(16)19)7-11(12(6-3)15(18)21)8-10(5-2)14(17)20/h9-12H,4-8H2,1-3H3,(H2,16,19)(H2,17,20)(H2,18,21). The van der Waals surface area contributed by atoms with Crippen LogP contribution in [0.3, 0.4) is 0 Å². The number of amides is 3. The molecular weight excluding hydrogens is 270 g/mol. The van der Waals surface area contributed by atoms with Crippen molar-refractivity contribution in [1.29, 1.82) is 0 Å². The van der Waals surface area contributed by atoms with Gasteiger partial charge in [0.15, 0.2) is 0 Å². The zero-order valence-electron chi connectivity index (χ0n) is 13.3. The van der Waals surface area contributed by atoms with Crippen molar-refractivity contribution in [3.05, 3.63) is 0 Å². The van der Waals surface area contributed by atoms with Gasteiger partial charge in [-0.25, -0.2) is 0 Å². The Balaban J connectivity index is 5.20. The van der Waals surface area contributed by atoms with Crippen molar-refractivity contribution >= 4 is 17.7 Å². The Kier molecular flexibility index (Phi) is 8.66. The van der Waals surface area contributed by atoms with Crippen LogP contribution in [0.2, 0.25) is 0 Å². The van der Waals surface area contributed by atoms with Gasteiger partial charge in [-0.15, -0.1) is 0 Å². The molecule has 0 rings (SSSR count). The van der Waals surface area contributed by atoms with Gasteiger partial charge in [0.05, 0.1) is 0 Å². The van der Waals surface area contributed by atoms with Gasteiger partial charge in [-0.1, -0.05) is 20.8 Å². The van der Waals surface area contributed by atoms with E-state index in [0.29, 0.717) is 32.1 Å². The highest BCUT2D eigenvalue weighted by atomic mass is 16.2. The lowest BCUT2D eigenvalue weighted by Gasteiger charge is -2.29. The highest BCUT2D eigenvalue weighted by molar-refractivity contribution is 5.79. The maximum absolute atomic E-state index is 11.6. The van der Waals surface area contributed by atoms with E-state index in [2.05, 4.69) is 0 Å². The van der Waals surface area contributed by atoms with Gasteiger partial charge < -0.3 is 17.2 Å². The van der Waals surface area contributed by atoms with E-state index in [1.165, 1.54) is 0 Å². The Morgan fingerprint density at radius 1 is 0.714 bits per heavy atom. The van der Waals surface area contributed by atoms with Crippen LogP contribution in [0, 0.1) is 23.7 Å². The van der Waals surface area contributed by atoms with Crippen LogP contribution in [-0.4, -0.2) is 17.7 Å². The Hall–Kier alpha value is -1.59. The predicted octanol–water partition coefficient (Wildman–Crippen LogP) is 0.917. The molecule has 3 atom stereocenters. The zero-order valence-corrected chi connectivity index (χ0v) is 13.3. The molecule has 0 aromatic rings. The summed E-state index contributed by atoms with van der Waals surface area (Å²) >= 11 is 0. The molecule has 0 aliphatic rings. The van der Waals surface area contributed by atoms with Crippen LogP contribution in [0.5, 0.6) is 0 Å². The molecule has 6 nitrogen and oxygen atoms in total. The number of nitrogens with two attached hydrogens (primary N) is 3. The van der Waals surface area contributed by atoms with Gasteiger partial charge in [0.1, 0.15) is 0 Å². The van der Waals surface area contributed by atoms with Gasteiger partial charge in [-0.2, -0.15) is 0 Å². The van der Waals surface area contributed by atoms with Crippen molar-refractivity contribution in [3.63, 3.8) is 0 Å². The van der Waals surface area contributed by atoms with E-state index in [-0.39, 0.29) is 35.5 Å². The van der Waals surface area contributed by atoms with Crippen molar-refractivity contribution in [2.75, 3.05) is 0 Å². The summed E-state index contributed by atoms with van der Waals surface area (Å²) in [5.41, 5.74) is 16.2. The number of hydrogen-bond acceptors (Lipinski definition) is 3. The Bertz CT molecular complexity index is 347. The monoisotopic (exact) mass is 299 g/mol. The minimum absolute atomic E-state index is 0.151. The highest BCUT2D eigenvalue weighted by Gasteiger charge is 2.31. The Morgan fingerprint density at radius 2 is 1.10 bits per heavy atom. The fourth-order valence-corrected chi connectivity index (χ4v) is 2.89.